The van der Waals surface area contributed by atoms with Gasteiger partial charge in [0.25, 0.3) is 0 Å². The summed E-state index contributed by atoms with van der Waals surface area (Å²) in [7, 11) is 0. The van der Waals surface area contributed by atoms with Crippen LogP contribution in [0.5, 0.6) is 5.75 Å². The predicted molar refractivity (Wildman–Crippen MR) is 61.4 cm³/mol. The van der Waals surface area contributed by atoms with Crippen LogP contribution in [-0.4, -0.2) is 12.4 Å². The van der Waals surface area contributed by atoms with Gasteiger partial charge < -0.3 is 4.74 Å². The molecular weight excluding hydrogens is 188 g/mol. The largest absolute Gasteiger partial charge is 0.488 e. The third-order valence-electron chi connectivity index (χ3n) is 2.15. The molecule has 0 fully saturated rings. The van der Waals surface area contributed by atoms with E-state index in [1.165, 1.54) is 0 Å². The number of Topliss-reactive ketones (excluding diaryl/α,β-unsaturated/α-hetero) is 1. The summed E-state index contributed by atoms with van der Waals surface area (Å²) in [5.74, 6) is 0.780. The molecule has 0 saturated heterocycles. The molecule has 0 spiro atoms. The summed E-state index contributed by atoms with van der Waals surface area (Å²) in [4.78, 5) is 11.7. The van der Waals surface area contributed by atoms with Crippen LogP contribution in [0.3, 0.4) is 0 Å². The number of para-hydroxylation sites is 1. The van der Waals surface area contributed by atoms with E-state index in [0.29, 0.717) is 17.9 Å². The maximum Gasteiger partial charge on any atom is 0.195 e. The van der Waals surface area contributed by atoms with Crippen LogP contribution in [0.2, 0.25) is 0 Å². The Kier molecular flexibility index (Phi) is 4.10. The lowest BCUT2D eigenvalue weighted by molar-refractivity contribution is 0.0999. The molecule has 80 valence electrons. The second kappa shape index (κ2) is 5.35. The molecule has 2 heteroatoms. The minimum Gasteiger partial charge on any atom is -0.488 e. The second-order valence-corrected chi connectivity index (χ2v) is 2.93. The molecule has 2 rings (SSSR count). The number of benzene rings is 1. The Balaban J connectivity index is 0.000000531. The first-order valence-electron chi connectivity index (χ1n) is 5.24. The van der Waals surface area contributed by atoms with Crippen LogP contribution in [0, 0.1) is 0 Å². The standard InChI is InChI=1S/C11H10O2.C2H6/c1-2-8-7-13-10-6-4-3-5-9(10)11(8)12;1-2/h2-6H,7H2,1H3;1-2H3/b8-2-;. The van der Waals surface area contributed by atoms with Gasteiger partial charge in [0.05, 0.1) is 5.56 Å². The number of hydrogen-bond acceptors (Lipinski definition) is 2. The molecule has 0 aromatic heterocycles. The summed E-state index contributed by atoms with van der Waals surface area (Å²) in [6.45, 7) is 6.25. The third kappa shape index (κ3) is 2.27. The molecule has 1 heterocycles. The molecule has 1 aliphatic heterocycles. The summed E-state index contributed by atoms with van der Waals surface area (Å²) < 4.78 is 5.41. The first kappa shape index (κ1) is 11.5. The minimum atomic E-state index is 0.0874. The Morgan fingerprint density at radius 1 is 1.27 bits per heavy atom. The maximum atomic E-state index is 11.7. The van der Waals surface area contributed by atoms with Crippen molar-refractivity contribution in [3.8, 4) is 5.75 Å². The van der Waals surface area contributed by atoms with Crippen molar-refractivity contribution < 1.29 is 9.53 Å². The molecule has 1 aliphatic rings. The topological polar surface area (TPSA) is 26.3 Å². The summed E-state index contributed by atoms with van der Waals surface area (Å²) in [6.07, 6.45) is 1.80. The number of hydrogen-bond donors (Lipinski definition) is 0. The van der Waals surface area contributed by atoms with Crippen molar-refractivity contribution >= 4 is 5.78 Å². The van der Waals surface area contributed by atoms with Crippen molar-refractivity contribution in [3.05, 3.63) is 41.5 Å². The highest BCUT2D eigenvalue weighted by Gasteiger charge is 2.21. The van der Waals surface area contributed by atoms with Crippen LogP contribution in [-0.2, 0) is 0 Å². The van der Waals surface area contributed by atoms with E-state index < -0.39 is 0 Å². The Morgan fingerprint density at radius 3 is 2.60 bits per heavy atom. The van der Waals surface area contributed by atoms with Crippen LogP contribution in [0.25, 0.3) is 0 Å². The van der Waals surface area contributed by atoms with E-state index in [1.807, 2.05) is 39.0 Å². The van der Waals surface area contributed by atoms with Gasteiger partial charge in [-0.2, -0.15) is 0 Å². The highest BCUT2D eigenvalue weighted by Crippen LogP contribution is 2.26. The van der Waals surface area contributed by atoms with Gasteiger partial charge in [-0.05, 0) is 19.1 Å². The zero-order chi connectivity index (χ0) is 11.3. The number of fused-ring (bicyclic) bond motifs is 1. The van der Waals surface area contributed by atoms with Gasteiger partial charge in [0.15, 0.2) is 5.78 Å². The Bertz CT molecular complexity index is 378. The summed E-state index contributed by atoms with van der Waals surface area (Å²) in [5, 5.41) is 0. The minimum absolute atomic E-state index is 0.0874. The smallest absolute Gasteiger partial charge is 0.195 e. The molecule has 15 heavy (non-hydrogen) atoms. The van der Waals surface area contributed by atoms with Crippen molar-refractivity contribution in [1.29, 1.82) is 0 Å². The third-order valence-corrected chi connectivity index (χ3v) is 2.15. The lowest BCUT2D eigenvalue weighted by Crippen LogP contribution is -2.18. The molecular formula is C13H16O2. The fourth-order valence-electron chi connectivity index (χ4n) is 1.39. The van der Waals surface area contributed by atoms with E-state index >= 15 is 0 Å². The number of rotatable bonds is 0. The quantitative estimate of drug-likeness (QED) is 0.606. The van der Waals surface area contributed by atoms with Crippen LogP contribution in [0.15, 0.2) is 35.9 Å². The molecule has 1 aromatic rings. The normalized spacial score (nSPS) is 16.2. The lowest BCUT2D eigenvalue weighted by atomic mass is 10.0. The fourth-order valence-corrected chi connectivity index (χ4v) is 1.39. The van der Waals surface area contributed by atoms with E-state index in [-0.39, 0.29) is 5.78 Å². The highest BCUT2D eigenvalue weighted by atomic mass is 16.5. The molecule has 0 aliphatic carbocycles. The number of allylic oxidation sites excluding steroid dienone is 1. The summed E-state index contributed by atoms with van der Waals surface area (Å²) in [6, 6.07) is 7.32. The lowest BCUT2D eigenvalue weighted by Gasteiger charge is -2.17. The van der Waals surface area contributed by atoms with Gasteiger partial charge in [0.2, 0.25) is 0 Å². The summed E-state index contributed by atoms with van der Waals surface area (Å²) in [5.41, 5.74) is 1.40. The van der Waals surface area contributed by atoms with Crippen molar-refractivity contribution in [2.75, 3.05) is 6.61 Å². The predicted octanol–water partition coefficient (Wildman–Crippen LogP) is 3.23. The number of carbonyl (C=O) groups is 1. The maximum absolute atomic E-state index is 11.7. The molecule has 0 amide bonds. The van der Waals surface area contributed by atoms with Crippen molar-refractivity contribution in [2.45, 2.75) is 20.8 Å². The first-order valence-corrected chi connectivity index (χ1v) is 5.24. The van der Waals surface area contributed by atoms with Gasteiger partial charge in [-0.15, -0.1) is 0 Å². The average molecular weight is 204 g/mol. The van der Waals surface area contributed by atoms with Crippen LogP contribution in [0.4, 0.5) is 0 Å². The molecule has 0 saturated carbocycles. The monoisotopic (exact) mass is 204 g/mol. The Morgan fingerprint density at radius 2 is 1.93 bits per heavy atom. The fraction of sp³-hybridized carbons (Fsp3) is 0.308. The van der Waals surface area contributed by atoms with Gasteiger partial charge in [0, 0.05) is 5.57 Å². The van der Waals surface area contributed by atoms with E-state index in [9.17, 15) is 4.79 Å². The number of ketones is 1. The van der Waals surface area contributed by atoms with E-state index in [2.05, 4.69) is 0 Å². The average Bonchev–Trinajstić information content (AvgIpc) is 2.33. The van der Waals surface area contributed by atoms with Crippen molar-refractivity contribution in [1.82, 2.24) is 0 Å². The molecule has 0 N–H and O–H groups in total. The van der Waals surface area contributed by atoms with Gasteiger partial charge in [-0.25, -0.2) is 0 Å². The Hall–Kier alpha value is -1.57. The molecule has 1 aromatic carbocycles. The molecule has 0 bridgehead atoms. The van der Waals surface area contributed by atoms with Crippen LogP contribution in [0.1, 0.15) is 31.1 Å². The van der Waals surface area contributed by atoms with Gasteiger partial charge in [-0.3, -0.25) is 4.79 Å². The molecule has 0 radical (unpaired) electrons. The number of carbonyl (C=O) groups excluding carboxylic acids is 1. The van der Waals surface area contributed by atoms with E-state index in [0.717, 1.165) is 5.57 Å². The van der Waals surface area contributed by atoms with Gasteiger partial charge >= 0.3 is 0 Å². The molecule has 2 nitrogen and oxygen atoms in total. The van der Waals surface area contributed by atoms with E-state index in [1.54, 1.807) is 12.1 Å². The van der Waals surface area contributed by atoms with E-state index in [4.69, 9.17) is 4.74 Å². The van der Waals surface area contributed by atoms with Crippen molar-refractivity contribution in [2.24, 2.45) is 0 Å². The van der Waals surface area contributed by atoms with Crippen LogP contribution >= 0.6 is 0 Å². The van der Waals surface area contributed by atoms with Gasteiger partial charge in [0.1, 0.15) is 12.4 Å². The zero-order valence-corrected chi connectivity index (χ0v) is 9.41. The summed E-state index contributed by atoms with van der Waals surface area (Å²) >= 11 is 0. The molecule has 0 unspecified atom stereocenters. The first-order chi connectivity index (χ1) is 7.33. The zero-order valence-electron chi connectivity index (χ0n) is 9.41. The SMILES string of the molecule is C/C=C1/COc2ccccc2C1=O.CC. The van der Waals surface area contributed by atoms with Crippen LogP contribution < -0.4 is 4.74 Å². The highest BCUT2D eigenvalue weighted by molar-refractivity contribution is 6.11. The second-order valence-electron chi connectivity index (χ2n) is 2.93. The van der Waals surface area contributed by atoms with Crippen molar-refractivity contribution in [3.63, 3.8) is 0 Å². The van der Waals surface area contributed by atoms with Gasteiger partial charge in [-0.1, -0.05) is 32.1 Å². The Labute approximate surface area is 90.6 Å². The molecule has 0 atom stereocenters. The number of ether oxygens (including phenoxy) is 1.